The lowest BCUT2D eigenvalue weighted by Crippen LogP contribution is -2.14. The fraction of sp³-hybridized carbons (Fsp3) is 0.438. The summed E-state index contributed by atoms with van der Waals surface area (Å²) in [5.41, 5.74) is 0.670. The first-order valence-corrected chi connectivity index (χ1v) is 6.71. The summed E-state index contributed by atoms with van der Waals surface area (Å²) in [5.74, 6) is 4.80. The van der Waals surface area contributed by atoms with Gasteiger partial charge in [-0.1, -0.05) is 30.9 Å². The van der Waals surface area contributed by atoms with E-state index >= 15 is 0 Å². The summed E-state index contributed by atoms with van der Waals surface area (Å²) in [4.78, 5) is 11.1. The highest BCUT2D eigenvalue weighted by Crippen LogP contribution is 2.07. The summed E-state index contributed by atoms with van der Waals surface area (Å²) in [7, 11) is 1.60. The van der Waals surface area contributed by atoms with E-state index in [2.05, 4.69) is 11.8 Å². The normalized spacial score (nSPS) is 11.5. The van der Waals surface area contributed by atoms with Gasteiger partial charge in [0.15, 0.2) is 0 Å². The zero-order chi connectivity index (χ0) is 15.5. The van der Waals surface area contributed by atoms with Gasteiger partial charge in [0.2, 0.25) is 0 Å². The maximum absolute atomic E-state index is 11.1. The first kappa shape index (κ1) is 17.2. The molecule has 1 N–H and O–H groups in total. The molecule has 0 saturated carbocycles. The molecule has 0 fully saturated rings. The average molecular weight is 292 g/mol. The van der Waals surface area contributed by atoms with Crippen molar-refractivity contribution in [3.8, 4) is 11.8 Å². The van der Waals surface area contributed by atoms with Crippen LogP contribution in [0.5, 0.6) is 0 Å². The van der Waals surface area contributed by atoms with E-state index in [9.17, 15) is 4.79 Å². The fourth-order valence-corrected chi connectivity index (χ4v) is 1.53. The van der Waals surface area contributed by atoms with Crippen LogP contribution in [0.1, 0.15) is 29.3 Å². The minimum Gasteiger partial charge on any atom is -0.478 e. The van der Waals surface area contributed by atoms with Crippen LogP contribution in [0.2, 0.25) is 0 Å². The Morgan fingerprint density at radius 2 is 2.10 bits per heavy atom. The molecular formula is C16H20O5. The van der Waals surface area contributed by atoms with Crippen molar-refractivity contribution in [3.05, 3.63) is 35.4 Å². The molecule has 114 valence electrons. The third-order valence-corrected chi connectivity index (χ3v) is 2.68. The van der Waals surface area contributed by atoms with Crippen molar-refractivity contribution in [2.75, 3.05) is 27.1 Å². The zero-order valence-electron chi connectivity index (χ0n) is 12.3. The Bertz CT molecular complexity index is 501. The maximum Gasteiger partial charge on any atom is 0.336 e. The number of benzene rings is 1. The quantitative estimate of drug-likeness (QED) is 0.452. The molecule has 1 rings (SSSR count). The Labute approximate surface area is 124 Å². The Balaban J connectivity index is 2.60. The monoisotopic (exact) mass is 292 g/mol. The smallest absolute Gasteiger partial charge is 0.336 e. The van der Waals surface area contributed by atoms with Gasteiger partial charge in [0.25, 0.3) is 0 Å². The molecule has 0 aliphatic carbocycles. The lowest BCUT2D eigenvalue weighted by Gasteiger charge is -2.10. The van der Waals surface area contributed by atoms with Crippen LogP contribution in [0.15, 0.2) is 24.3 Å². The second kappa shape index (κ2) is 9.94. The van der Waals surface area contributed by atoms with Crippen molar-refractivity contribution in [2.45, 2.75) is 19.4 Å². The highest BCUT2D eigenvalue weighted by molar-refractivity contribution is 5.90. The topological polar surface area (TPSA) is 65.0 Å². The SMILES string of the molecule is CCC(C#Cc1ccccc1C(=O)O)OCOCCOC. The first-order chi connectivity index (χ1) is 10.2. The Morgan fingerprint density at radius 3 is 2.76 bits per heavy atom. The highest BCUT2D eigenvalue weighted by Gasteiger charge is 2.07. The molecule has 0 heterocycles. The molecule has 0 aliphatic heterocycles. The molecule has 0 aromatic heterocycles. The van der Waals surface area contributed by atoms with E-state index in [4.69, 9.17) is 19.3 Å². The van der Waals surface area contributed by atoms with E-state index in [1.54, 1.807) is 25.3 Å². The van der Waals surface area contributed by atoms with Crippen LogP contribution in [0.4, 0.5) is 0 Å². The molecule has 5 heteroatoms. The van der Waals surface area contributed by atoms with Gasteiger partial charge in [-0.25, -0.2) is 4.79 Å². The molecule has 21 heavy (non-hydrogen) atoms. The fourth-order valence-electron chi connectivity index (χ4n) is 1.53. The van der Waals surface area contributed by atoms with Crippen LogP contribution in [0.3, 0.4) is 0 Å². The highest BCUT2D eigenvalue weighted by atomic mass is 16.7. The van der Waals surface area contributed by atoms with Crippen molar-refractivity contribution in [1.29, 1.82) is 0 Å². The number of carbonyl (C=O) groups is 1. The first-order valence-electron chi connectivity index (χ1n) is 6.71. The summed E-state index contributed by atoms with van der Waals surface area (Å²) in [6.45, 7) is 3.05. The second-order valence-corrected chi connectivity index (χ2v) is 4.20. The number of rotatable bonds is 8. The Morgan fingerprint density at radius 1 is 1.33 bits per heavy atom. The van der Waals surface area contributed by atoms with Gasteiger partial charge < -0.3 is 19.3 Å². The minimum absolute atomic E-state index is 0.136. The average Bonchev–Trinajstić information content (AvgIpc) is 2.50. The maximum atomic E-state index is 11.1. The van der Waals surface area contributed by atoms with E-state index in [0.29, 0.717) is 25.2 Å². The molecule has 0 bridgehead atoms. The van der Waals surface area contributed by atoms with Gasteiger partial charge in [-0.15, -0.1) is 0 Å². The number of methoxy groups -OCH3 is 1. The number of aromatic carboxylic acids is 1. The van der Waals surface area contributed by atoms with Crippen LogP contribution in [-0.2, 0) is 14.2 Å². The van der Waals surface area contributed by atoms with Gasteiger partial charge in [0.1, 0.15) is 12.9 Å². The predicted molar refractivity (Wildman–Crippen MR) is 78.1 cm³/mol. The molecule has 0 radical (unpaired) electrons. The second-order valence-electron chi connectivity index (χ2n) is 4.20. The predicted octanol–water partition coefficient (Wildman–Crippen LogP) is 2.15. The van der Waals surface area contributed by atoms with Gasteiger partial charge in [0.05, 0.1) is 18.8 Å². The van der Waals surface area contributed by atoms with Crippen molar-refractivity contribution in [2.24, 2.45) is 0 Å². The van der Waals surface area contributed by atoms with E-state index in [1.165, 1.54) is 6.07 Å². The molecule has 5 nitrogen and oxygen atoms in total. The summed E-state index contributed by atoms with van der Waals surface area (Å²) in [5, 5.41) is 9.08. The van der Waals surface area contributed by atoms with Crippen LogP contribution < -0.4 is 0 Å². The van der Waals surface area contributed by atoms with Gasteiger partial charge >= 0.3 is 5.97 Å². The number of carboxylic acid groups (broad SMARTS) is 1. The zero-order valence-corrected chi connectivity index (χ0v) is 12.3. The molecule has 0 saturated heterocycles. The molecule has 0 amide bonds. The van der Waals surface area contributed by atoms with E-state index < -0.39 is 5.97 Å². The summed E-state index contributed by atoms with van der Waals surface area (Å²) < 4.78 is 15.5. The molecule has 1 atom stereocenters. The third kappa shape index (κ3) is 6.41. The Hall–Kier alpha value is -1.87. The van der Waals surface area contributed by atoms with Gasteiger partial charge in [0, 0.05) is 12.7 Å². The van der Waals surface area contributed by atoms with E-state index in [0.717, 1.165) is 0 Å². The lowest BCUT2D eigenvalue weighted by molar-refractivity contribution is -0.0828. The van der Waals surface area contributed by atoms with E-state index in [1.807, 2.05) is 6.92 Å². The molecule has 0 spiro atoms. The number of hydrogen-bond acceptors (Lipinski definition) is 4. The minimum atomic E-state index is -0.989. The lowest BCUT2D eigenvalue weighted by atomic mass is 10.1. The van der Waals surface area contributed by atoms with Crippen molar-refractivity contribution < 1.29 is 24.1 Å². The van der Waals surface area contributed by atoms with Crippen LogP contribution in [0.25, 0.3) is 0 Å². The molecule has 1 unspecified atom stereocenters. The number of ether oxygens (including phenoxy) is 3. The van der Waals surface area contributed by atoms with Crippen LogP contribution in [0, 0.1) is 11.8 Å². The van der Waals surface area contributed by atoms with Crippen molar-refractivity contribution in [3.63, 3.8) is 0 Å². The Kier molecular flexibility index (Phi) is 8.14. The van der Waals surface area contributed by atoms with Crippen LogP contribution >= 0.6 is 0 Å². The third-order valence-electron chi connectivity index (χ3n) is 2.68. The number of hydrogen-bond donors (Lipinski definition) is 1. The standard InChI is InChI=1S/C16H20O5/c1-3-14(21-12-20-11-10-19-2)9-8-13-6-4-5-7-15(13)16(17)18/h4-7,14H,3,10-12H2,1-2H3,(H,17,18). The number of carboxylic acids is 1. The van der Waals surface area contributed by atoms with Crippen LogP contribution in [-0.4, -0.2) is 44.3 Å². The molecular weight excluding hydrogens is 272 g/mol. The summed E-state index contributed by atoms with van der Waals surface area (Å²) >= 11 is 0. The molecule has 1 aromatic carbocycles. The van der Waals surface area contributed by atoms with Crippen molar-refractivity contribution in [1.82, 2.24) is 0 Å². The summed E-state index contributed by atoms with van der Waals surface area (Å²) in [6, 6.07) is 6.64. The largest absolute Gasteiger partial charge is 0.478 e. The molecule has 0 aliphatic rings. The van der Waals surface area contributed by atoms with Gasteiger partial charge in [-0.2, -0.15) is 0 Å². The summed E-state index contributed by atoms with van der Waals surface area (Å²) in [6.07, 6.45) is 0.393. The van der Waals surface area contributed by atoms with E-state index in [-0.39, 0.29) is 18.5 Å². The van der Waals surface area contributed by atoms with Gasteiger partial charge in [-0.3, -0.25) is 0 Å². The molecule has 1 aromatic rings. The van der Waals surface area contributed by atoms with Gasteiger partial charge in [-0.05, 0) is 18.6 Å². The van der Waals surface area contributed by atoms with Crippen molar-refractivity contribution >= 4 is 5.97 Å².